The summed E-state index contributed by atoms with van der Waals surface area (Å²) in [6.07, 6.45) is 41.4. The van der Waals surface area contributed by atoms with Crippen LogP contribution in [0.5, 0.6) is 0 Å². The fourth-order valence-corrected chi connectivity index (χ4v) is 6.31. The molecule has 318 valence electrons. The van der Waals surface area contributed by atoms with Gasteiger partial charge in [-0.05, 0) is 51.4 Å². The van der Waals surface area contributed by atoms with Gasteiger partial charge in [-0.25, -0.2) is 9.36 Å². The number of amides is 1. The molecule has 0 fully saturated rings. The van der Waals surface area contributed by atoms with E-state index in [1.807, 2.05) is 12.2 Å². The van der Waals surface area contributed by atoms with E-state index in [4.69, 9.17) is 13.8 Å². The Morgan fingerprint density at radius 1 is 0.582 bits per heavy atom. The zero-order chi connectivity index (χ0) is 40.7. The molecule has 0 aromatic rings. The molecule has 0 spiro atoms. The first-order valence-corrected chi connectivity index (χ1v) is 22.7. The van der Waals surface area contributed by atoms with Crippen molar-refractivity contribution in [1.82, 2.24) is 5.32 Å². The first-order valence-electron chi connectivity index (χ1n) is 21.2. The molecular weight excluding hydrogens is 721 g/mol. The van der Waals surface area contributed by atoms with Gasteiger partial charge in [0.05, 0.1) is 13.2 Å². The van der Waals surface area contributed by atoms with Crippen LogP contribution in [0.4, 0.5) is 0 Å². The minimum atomic E-state index is -4.77. The number of carboxylic acid groups (broad SMARTS) is 1. The van der Waals surface area contributed by atoms with Gasteiger partial charge in [0.15, 0.2) is 6.04 Å². The number of ether oxygens (including phenoxy) is 1. The third kappa shape index (κ3) is 38.1. The van der Waals surface area contributed by atoms with E-state index >= 15 is 0 Å². The zero-order valence-electron chi connectivity index (χ0n) is 34.2. The molecular formula is C43H76NO10P. The molecule has 0 aliphatic carbocycles. The number of phosphoric acid groups is 1. The van der Waals surface area contributed by atoms with Crippen LogP contribution in [-0.4, -0.2) is 64.9 Å². The Hall–Kier alpha value is -2.56. The number of hydrogen-bond acceptors (Lipinski definition) is 8. The van der Waals surface area contributed by atoms with Crippen molar-refractivity contribution in [1.29, 1.82) is 0 Å². The number of esters is 1. The summed E-state index contributed by atoms with van der Waals surface area (Å²) >= 11 is 0. The van der Waals surface area contributed by atoms with Crippen molar-refractivity contribution in [3.8, 4) is 0 Å². The van der Waals surface area contributed by atoms with Gasteiger partial charge in [0.1, 0.15) is 12.7 Å². The fourth-order valence-electron chi connectivity index (χ4n) is 5.54. The van der Waals surface area contributed by atoms with Crippen LogP contribution in [0.15, 0.2) is 48.6 Å². The quantitative estimate of drug-likeness (QED) is 0.0203. The number of phosphoric ester groups is 1. The predicted octanol–water partition coefficient (Wildman–Crippen LogP) is 10.6. The van der Waals surface area contributed by atoms with E-state index < -0.39 is 57.6 Å². The molecule has 0 rings (SSSR count). The average molecular weight is 798 g/mol. The molecule has 0 aromatic carbocycles. The minimum Gasteiger partial charge on any atom is -0.480 e. The number of aliphatic hydroxyl groups excluding tert-OH is 1. The maximum Gasteiger partial charge on any atom is 0.472 e. The average Bonchev–Trinajstić information content (AvgIpc) is 3.16. The molecule has 0 radical (unpaired) electrons. The van der Waals surface area contributed by atoms with Crippen molar-refractivity contribution in [3.63, 3.8) is 0 Å². The minimum absolute atomic E-state index is 0.0689. The molecule has 1 amide bonds. The molecule has 0 heterocycles. The molecule has 4 N–H and O–H groups in total. The number of carbonyl (C=O) groups is 3. The largest absolute Gasteiger partial charge is 0.480 e. The maximum absolute atomic E-state index is 12.3. The third-order valence-corrected chi connectivity index (χ3v) is 9.82. The number of carbonyl (C=O) groups excluding carboxylic acids is 2. The molecule has 11 nitrogen and oxygen atoms in total. The summed E-state index contributed by atoms with van der Waals surface area (Å²) in [6, 6.07) is -1.58. The molecule has 0 aliphatic heterocycles. The Bertz CT molecular complexity index is 1120. The second-order valence-electron chi connectivity index (χ2n) is 14.2. The normalized spacial score (nSPS) is 14.3. The Kier molecular flexibility index (Phi) is 36.5. The highest BCUT2D eigenvalue weighted by Crippen LogP contribution is 2.43. The number of carboxylic acids is 1. The van der Waals surface area contributed by atoms with Gasteiger partial charge >= 0.3 is 19.8 Å². The molecule has 3 unspecified atom stereocenters. The lowest BCUT2D eigenvalue weighted by Crippen LogP contribution is -2.43. The SMILES string of the molecule is CCCCC/C=C\C/C=C\C/C=C\C/C=C\CCCC(=O)NC(COP(=O)(O)OCC(O)COC(=O)CCCCCCCCCCCCCCCC)C(=O)O. The Morgan fingerprint density at radius 2 is 1.02 bits per heavy atom. The summed E-state index contributed by atoms with van der Waals surface area (Å²) in [5.41, 5.74) is 0. The van der Waals surface area contributed by atoms with Gasteiger partial charge in [-0.15, -0.1) is 0 Å². The molecule has 0 bridgehead atoms. The van der Waals surface area contributed by atoms with Crippen molar-refractivity contribution in [2.45, 2.75) is 187 Å². The first kappa shape index (κ1) is 52.4. The van der Waals surface area contributed by atoms with Gasteiger partial charge in [-0.2, -0.15) is 0 Å². The number of unbranched alkanes of at least 4 members (excludes halogenated alkanes) is 17. The van der Waals surface area contributed by atoms with Gasteiger partial charge < -0.3 is 25.2 Å². The van der Waals surface area contributed by atoms with Gasteiger partial charge in [-0.3, -0.25) is 18.6 Å². The lowest BCUT2D eigenvalue weighted by molar-refractivity contribution is -0.147. The lowest BCUT2D eigenvalue weighted by atomic mass is 10.0. The highest BCUT2D eigenvalue weighted by Gasteiger charge is 2.28. The van der Waals surface area contributed by atoms with Gasteiger partial charge in [0.2, 0.25) is 5.91 Å². The van der Waals surface area contributed by atoms with Crippen LogP contribution in [0, 0.1) is 0 Å². The predicted molar refractivity (Wildman–Crippen MR) is 222 cm³/mol. The third-order valence-electron chi connectivity index (χ3n) is 8.87. The van der Waals surface area contributed by atoms with Crippen molar-refractivity contribution >= 4 is 25.7 Å². The topological polar surface area (TPSA) is 169 Å². The standard InChI is InChI=1S/C43H76NO10P/c1-3-5-7-9-11-13-15-17-19-20-21-22-24-26-28-30-32-34-41(46)44-40(43(48)49)38-54-55(50,51)53-37-39(45)36-52-42(47)35-33-31-29-27-25-23-18-16-14-12-10-8-6-4-2/h11,13,17,19,21-22,26,28,39-40,45H,3-10,12,14-16,18,20,23-25,27,29-38H2,1-2H3,(H,44,46)(H,48,49)(H,50,51)/b13-11-,19-17-,22-21-,28-26-. The molecule has 0 aromatic heterocycles. The maximum atomic E-state index is 12.3. The monoisotopic (exact) mass is 798 g/mol. The number of nitrogens with one attached hydrogen (secondary N) is 1. The van der Waals surface area contributed by atoms with Crippen molar-refractivity contribution in [2.75, 3.05) is 19.8 Å². The van der Waals surface area contributed by atoms with E-state index in [9.17, 15) is 34.1 Å². The zero-order valence-corrected chi connectivity index (χ0v) is 35.1. The molecule has 55 heavy (non-hydrogen) atoms. The number of hydrogen-bond donors (Lipinski definition) is 4. The van der Waals surface area contributed by atoms with Crippen LogP contribution < -0.4 is 5.32 Å². The molecule has 0 aliphatic rings. The Labute approximate surface area is 333 Å². The van der Waals surface area contributed by atoms with Crippen molar-refractivity contribution in [2.24, 2.45) is 0 Å². The fraction of sp³-hybridized carbons (Fsp3) is 0.744. The lowest BCUT2D eigenvalue weighted by Gasteiger charge is -2.18. The first-order chi connectivity index (χ1) is 26.6. The van der Waals surface area contributed by atoms with E-state index in [-0.39, 0.29) is 12.8 Å². The van der Waals surface area contributed by atoms with Gasteiger partial charge in [-0.1, -0.05) is 159 Å². The number of aliphatic carboxylic acids is 1. The van der Waals surface area contributed by atoms with E-state index in [0.717, 1.165) is 44.9 Å². The second-order valence-corrected chi connectivity index (χ2v) is 15.6. The smallest absolute Gasteiger partial charge is 0.472 e. The Morgan fingerprint density at radius 3 is 1.53 bits per heavy atom. The van der Waals surface area contributed by atoms with E-state index in [1.165, 1.54) is 83.5 Å². The summed E-state index contributed by atoms with van der Waals surface area (Å²) in [5.74, 6) is -2.45. The van der Waals surface area contributed by atoms with Gasteiger partial charge in [0.25, 0.3) is 0 Å². The van der Waals surface area contributed by atoms with Crippen LogP contribution in [0.3, 0.4) is 0 Å². The van der Waals surface area contributed by atoms with Crippen molar-refractivity contribution in [3.05, 3.63) is 48.6 Å². The highest BCUT2D eigenvalue weighted by molar-refractivity contribution is 7.47. The molecule has 3 atom stereocenters. The van der Waals surface area contributed by atoms with Crippen molar-refractivity contribution < 1.29 is 47.8 Å². The summed E-state index contributed by atoms with van der Waals surface area (Å²) in [7, 11) is -4.77. The number of aliphatic hydroxyl groups is 1. The number of rotatable bonds is 39. The second kappa shape index (κ2) is 38.3. The van der Waals surface area contributed by atoms with E-state index in [1.54, 1.807) is 0 Å². The summed E-state index contributed by atoms with van der Waals surface area (Å²) in [6.45, 7) is 2.52. The molecule has 0 saturated heterocycles. The van der Waals surface area contributed by atoms with Gasteiger partial charge in [0, 0.05) is 12.8 Å². The van der Waals surface area contributed by atoms with Crippen LogP contribution in [0.1, 0.15) is 174 Å². The molecule has 0 saturated carbocycles. The van der Waals surface area contributed by atoms with Crippen LogP contribution >= 0.6 is 7.82 Å². The molecule has 12 heteroatoms. The van der Waals surface area contributed by atoms with E-state index in [2.05, 4.69) is 55.6 Å². The van der Waals surface area contributed by atoms with Crippen LogP contribution in [0.2, 0.25) is 0 Å². The number of allylic oxidation sites excluding steroid dienone is 8. The summed E-state index contributed by atoms with van der Waals surface area (Å²) in [4.78, 5) is 45.8. The van der Waals surface area contributed by atoms with Crippen LogP contribution in [-0.2, 0) is 32.7 Å². The van der Waals surface area contributed by atoms with Crippen LogP contribution in [0.25, 0.3) is 0 Å². The summed E-state index contributed by atoms with van der Waals surface area (Å²) in [5, 5.41) is 21.7. The highest BCUT2D eigenvalue weighted by atomic mass is 31.2. The summed E-state index contributed by atoms with van der Waals surface area (Å²) < 4.78 is 26.8. The Balaban J connectivity index is 4.01. The van der Waals surface area contributed by atoms with E-state index in [0.29, 0.717) is 19.3 Å².